The number of amides is 5. The Morgan fingerprint density at radius 1 is 1.18 bits per heavy atom. The Balaban J connectivity index is 0.00000104. The van der Waals surface area contributed by atoms with Gasteiger partial charge in [-0.05, 0) is 18.4 Å². The van der Waals surface area contributed by atoms with Gasteiger partial charge in [-0.1, -0.05) is 50.6 Å². The Bertz CT molecular complexity index is 1030. The topological polar surface area (TPSA) is 199 Å². The molecule has 5 amide bonds. The van der Waals surface area contributed by atoms with Crippen LogP contribution in [0.15, 0.2) is 30.3 Å². The molecule has 1 aliphatic heterocycles. The zero-order chi connectivity index (χ0) is 25.9. The van der Waals surface area contributed by atoms with Crippen LogP contribution in [-0.4, -0.2) is 58.9 Å². The number of urea groups is 1. The summed E-state index contributed by atoms with van der Waals surface area (Å²) in [6, 6.07) is 7.67. The number of hydrogen-bond donors (Lipinski definition) is 3. The predicted octanol–water partition coefficient (Wildman–Crippen LogP) is 0.778. The van der Waals surface area contributed by atoms with Gasteiger partial charge in [-0.15, -0.1) is 0 Å². The SMILES string of the molecule is CCCCOCC(CN1C(=O)NC(=O)C(CC)(c2ccccc2)C1=O)OC(N)=O.[O]=[Mn](=[O])(=[O])[OH]. The molecule has 1 aromatic rings. The Kier molecular flexibility index (Phi) is 11.1. The van der Waals surface area contributed by atoms with Crippen LogP contribution in [0.25, 0.3) is 0 Å². The van der Waals surface area contributed by atoms with Crippen LogP contribution in [0.5, 0.6) is 0 Å². The van der Waals surface area contributed by atoms with Crippen LogP contribution in [0, 0.1) is 0 Å². The molecular formula is C20H28MnN3O10. The molecule has 1 heterocycles. The van der Waals surface area contributed by atoms with Gasteiger partial charge in [0.2, 0.25) is 5.91 Å². The maximum atomic E-state index is 13.3. The van der Waals surface area contributed by atoms with E-state index in [9.17, 15) is 19.2 Å². The standard InChI is InChI=1S/C20H27N3O6.Mn.H2O.3O/c1-3-5-11-28-13-15(29-18(21)26)12-23-17(25)20(4-2,16(24)22-19(23)27)14-9-7-6-8-10-14;;;;;/h6-10,15H,3-5,11-13H2,1-2H3,(H2,21,26)(H,22,24,27);;1H2;;;/q;+1;;;;/p-1. The van der Waals surface area contributed by atoms with Crippen molar-refractivity contribution in [3.05, 3.63) is 35.9 Å². The van der Waals surface area contributed by atoms with Crippen molar-refractivity contribution in [1.82, 2.24) is 10.2 Å². The first kappa shape index (κ1) is 29.0. The Morgan fingerprint density at radius 2 is 1.76 bits per heavy atom. The number of nitrogens with two attached hydrogens (primary N) is 1. The molecule has 2 rings (SSSR count). The first-order chi connectivity index (χ1) is 15.9. The molecule has 4 N–H and O–H groups in total. The van der Waals surface area contributed by atoms with Crippen molar-refractivity contribution in [2.24, 2.45) is 5.73 Å². The van der Waals surface area contributed by atoms with Crippen molar-refractivity contribution in [2.45, 2.75) is 44.6 Å². The van der Waals surface area contributed by atoms with Crippen molar-refractivity contribution in [3.63, 3.8) is 0 Å². The van der Waals surface area contributed by atoms with Crippen molar-refractivity contribution >= 4 is 23.9 Å². The number of ether oxygens (including phenoxy) is 2. The molecule has 34 heavy (non-hydrogen) atoms. The van der Waals surface area contributed by atoms with Gasteiger partial charge < -0.3 is 15.2 Å². The minimum absolute atomic E-state index is 0.0294. The van der Waals surface area contributed by atoms with Crippen LogP contribution in [0.3, 0.4) is 0 Å². The number of carbonyl (C=O) groups excluding carboxylic acids is 4. The Morgan fingerprint density at radius 3 is 2.26 bits per heavy atom. The Labute approximate surface area is 197 Å². The van der Waals surface area contributed by atoms with Gasteiger partial charge in [-0.25, -0.2) is 9.59 Å². The molecule has 0 saturated carbocycles. The molecule has 0 aromatic heterocycles. The zero-order valence-electron chi connectivity index (χ0n) is 18.7. The number of primary amides is 1. The van der Waals surface area contributed by atoms with E-state index in [0.717, 1.165) is 17.7 Å². The monoisotopic (exact) mass is 525 g/mol. The molecule has 13 nitrogen and oxygen atoms in total. The third-order valence-electron chi connectivity index (χ3n) is 4.88. The van der Waals surface area contributed by atoms with Crippen LogP contribution in [-0.2, 0) is 49.0 Å². The van der Waals surface area contributed by atoms with Gasteiger partial charge >= 0.3 is 40.8 Å². The summed E-state index contributed by atoms with van der Waals surface area (Å²) in [6.45, 7) is 3.84. The van der Waals surface area contributed by atoms with E-state index in [-0.39, 0.29) is 19.6 Å². The third-order valence-corrected chi connectivity index (χ3v) is 4.88. The fourth-order valence-corrected chi connectivity index (χ4v) is 3.30. The van der Waals surface area contributed by atoms with Gasteiger partial charge in [0.1, 0.15) is 6.10 Å². The maximum absolute atomic E-state index is 13.3. The molecule has 2 unspecified atom stereocenters. The summed E-state index contributed by atoms with van der Waals surface area (Å²) in [5.74, 6) is -1.35. The van der Waals surface area contributed by atoms with Crippen molar-refractivity contribution in [2.75, 3.05) is 19.8 Å². The van der Waals surface area contributed by atoms with Crippen LogP contribution in [0.1, 0.15) is 38.7 Å². The average molecular weight is 525 g/mol. The molecule has 1 aliphatic rings. The molecular weight excluding hydrogens is 497 g/mol. The first-order valence-corrected chi connectivity index (χ1v) is 12.2. The van der Waals surface area contributed by atoms with Gasteiger partial charge in [0.05, 0.1) is 13.2 Å². The van der Waals surface area contributed by atoms with Crippen molar-refractivity contribution in [3.8, 4) is 0 Å². The number of unbranched alkanes of at least 4 members (excludes halogenated alkanes) is 1. The molecule has 0 spiro atoms. The number of carbonyl (C=O) groups is 4. The predicted molar refractivity (Wildman–Crippen MR) is 108 cm³/mol. The summed E-state index contributed by atoms with van der Waals surface area (Å²) in [4.78, 5) is 50.6. The normalized spacial score (nSPS) is 19.0. The van der Waals surface area contributed by atoms with E-state index >= 15 is 0 Å². The van der Waals surface area contributed by atoms with Gasteiger partial charge in [-0.3, -0.25) is 19.8 Å². The van der Waals surface area contributed by atoms with E-state index < -0.39 is 48.4 Å². The van der Waals surface area contributed by atoms with Crippen LogP contribution in [0.4, 0.5) is 9.59 Å². The van der Waals surface area contributed by atoms with E-state index in [1.807, 2.05) is 6.92 Å². The number of hydrogen-bond acceptors (Lipinski definition) is 9. The molecule has 2 atom stereocenters. The van der Waals surface area contributed by atoms with E-state index in [1.54, 1.807) is 37.3 Å². The number of nitrogens with zero attached hydrogens (tertiary/aromatic N) is 1. The van der Waals surface area contributed by atoms with Gasteiger partial charge in [-0.2, -0.15) is 0 Å². The van der Waals surface area contributed by atoms with Gasteiger partial charge in [0.15, 0.2) is 5.41 Å². The minimum atomic E-state index is -5.38. The van der Waals surface area contributed by atoms with Crippen LogP contribution < -0.4 is 11.1 Å². The second-order valence-corrected chi connectivity index (χ2v) is 8.42. The molecule has 190 valence electrons. The second kappa shape index (κ2) is 13.0. The van der Waals surface area contributed by atoms with E-state index in [2.05, 4.69) is 5.32 Å². The van der Waals surface area contributed by atoms with Gasteiger partial charge in [0, 0.05) is 6.61 Å². The van der Waals surface area contributed by atoms with Crippen molar-refractivity contribution in [1.29, 1.82) is 0 Å². The number of rotatable bonds is 10. The number of barbiturate groups is 1. The second-order valence-electron chi connectivity index (χ2n) is 7.18. The first-order valence-electron chi connectivity index (χ1n) is 10.3. The van der Waals surface area contributed by atoms with Crippen molar-refractivity contribution < 1.29 is 57.3 Å². The number of imide groups is 2. The van der Waals surface area contributed by atoms with E-state index in [1.165, 1.54) is 0 Å². The third kappa shape index (κ3) is 8.37. The van der Waals surface area contributed by atoms with Crippen LogP contribution >= 0.6 is 0 Å². The van der Waals surface area contributed by atoms with Gasteiger partial charge in [0.25, 0.3) is 5.91 Å². The summed E-state index contributed by atoms with van der Waals surface area (Å²) < 4.78 is 43.5. The molecule has 1 aromatic carbocycles. The average Bonchev–Trinajstić information content (AvgIpc) is 2.74. The molecule has 14 heteroatoms. The zero-order valence-corrected chi connectivity index (χ0v) is 19.9. The molecule has 0 radical (unpaired) electrons. The Hall–Kier alpha value is -3.06. The fraction of sp³-hybridized carbons (Fsp3) is 0.500. The number of benzene rings is 1. The summed E-state index contributed by atoms with van der Waals surface area (Å²) in [5, 5.41) is 2.25. The quantitative estimate of drug-likeness (QED) is 0.223. The summed E-state index contributed by atoms with van der Waals surface area (Å²) >= 11 is -5.38. The molecule has 1 fully saturated rings. The molecule has 1 saturated heterocycles. The fourth-order valence-electron chi connectivity index (χ4n) is 3.30. The molecule has 0 bridgehead atoms. The van der Waals surface area contributed by atoms with Crippen LogP contribution in [0.2, 0.25) is 0 Å². The van der Waals surface area contributed by atoms with E-state index in [4.69, 9.17) is 30.9 Å². The van der Waals surface area contributed by atoms with E-state index in [0.29, 0.717) is 12.2 Å². The summed E-state index contributed by atoms with van der Waals surface area (Å²) in [5.41, 5.74) is 4.05. The molecule has 0 aliphatic carbocycles. The number of nitrogens with one attached hydrogen (secondary N) is 1. The summed E-state index contributed by atoms with van der Waals surface area (Å²) in [6.07, 6.45) is -0.0994. The summed E-state index contributed by atoms with van der Waals surface area (Å²) in [7, 11) is 0.